The first-order chi connectivity index (χ1) is 13.1. The summed E-state index contributed by atoms with van der Waals surface area (Å²) < 4.78 is 16.0. The largest absolute Gasteiger partial charge is 0.480 e. The maximum absolute atomic E-state index is 14.3. The predicted molar refractivity (Wildman–Crippen MR) is 109 cm³/mol. The maximum atomic E-state index is 14.3. The van der Waals surface area contributed by atoms with Gasteiger partial charge in [-0.05, 0) is 36.2 Å². The standard InChI is InChI=1S/C22H22NO3P/c24-22(25)18-23(17-16-19-10-4-1-5-11-19)27(26,20-12-6-2-7-13-20)21-14-8-3-9-15-21/h1-15H,16-18H2,(H,24,25). The van der Waals surface area contributed by atoms with Gasteiger partial charge in [-0.1, -0.05) is 66.7 Å². The van der Waals surface area contributed by atoms with E-state index in [0.29, 0.717) is 23.6 Å². The van der Waals surface area contributed by atoms with E-state index in [4.69, 9.17) is 0 Å². The quantitative estimate of drug-likeness (QED) is 0.608. The first-order valence-corrected chi connectivity index (χ1v) is 10.5. The van der Waals surface area contributed by atoms with Crippen molar-refractivity contribution in [2.45, 2.75) is 6.42 Å². The van der Waals surface area contributed by atoms with Crippen LogP contribution in [0.3, 0.4) is 0 Å². The van der Waals surface area contributed by atoms with E-state index in [9.17, 15) is 14.5 Å². The Hall–Kier alpha value is -2.68. The molecule has 4 nitrogen and oxygen atoms in total. The first kappa shape index (κ1) is 19.1. The second-order valence-electron chi connectivity index (χ2n) is 6.26. The van der Waals surface area contributed by atoms with E-state index >= 15 is 0 Å². The van der Waals surface area contributed by atoms with E-state index in [1.165, 1.54) is 0 Å². The summed E-state index contributed by atoms with van der Waals surface area (Å²) in [4.78, 5) is 11.6. The molecule has 0 radical (unpaired) electrons. The average Bonchev–Trinajstić information content (AvgIpc) is 2.72. The predicted octanol–water partition coefficient (Wildman–Crippen LogP) is 3.54. The summed E-state index contributed by atoms with van der Waals surface area (Å²) in [6, 6.07) is 28.1. The summed E-state index contributed by atoms with van der Waals surface area (Å²) in [7, 11) is -3.27. The number of carboxylic acids is 1. The van der Waals surface area contributed by atoms with Crippen LogP contribution in [-0.2, 0) is 15.8 Å². The van der Waals surface area contributed by atoms with Crippen LogP contribution < -0.4 is 10.6 Å². The maximum Gasteiger partial charge on any atom is 0.318 e. The van der Waals surface area contributed by atoms with E-state index in [2.05, 4.69) is 0 Å². The summed E-state index contributed by atoms with van der Waals surface area (Å²) in [5.74, 6) is -0.991. The first-order valence-electron chi connectivity index (χ1n) is 8.83. The Morgan fingerprint density at radius 2 is 1.22 bits per heavy atom. The fourth-order valence-electron chi connectivity index (χ4n) is 3.11. The van der Waals surface area contributed by atoms with Crippen LogP contribution in [0.5, 0.6) is 0 Å². The Morgan fingerprint density at radius 1 is 0.778 bits per heavy atom. The second kappa shape index (κ2) is 8.81. The minimum atomic E-state index is -3.27. The zero-order valence-electron chi connectivity index (χ0n) is 14.9. The molecule has 0 bridgehead atoms. The molecule has 0 aliphatic heterocycles. The van der Waals surface area contributed by atoms with Gasteiger partial charge in [0.1, 0.15) is 6.54 Å². The molecular formula is C22H22NO3P. The molecule has 0 aromatic heterocycles. The van der Waals surface area contributed by atoms with Crippen LogP contribution in [0, 0.1) is 0 Å². The van der Waals surface area contributed by atoms with Gasteiger partial charge in [0.15, 0.2) is 0 Å². The van der Waals surface area contributed by atoms with E-state index in [0.717, 1.165) is 5.56 Å². The van der Waals surface area contributed by atoms with Gasteiger partial charge in [0.05, 0.1) is 0 Å². The van der Waals surface area contributed by atoms with Gasteiger partial charge >= 0.3 is 5.97 Å². The van der Waals surface area contributed by atoms with Gasteiger partial charge in [0.2, 0.25) is 7.29 Å². The molecule has 0 saturated heterocycles. The monoisotopic (exact) mass is 379 g/mol. The van der Waals surface area contributed by atoms with Crippen LogP contribution in [0.2, 0.25) is 0 Å². The summed E-state index contributed by atoms with van der Waals surface area (Å²) in [5.41, 5.74) is 1.08. The number of nitrogens with zero attached hydrogens (tertiary/aromatic N) is 1. The third kappa shape index (κ3) is 4.54. The lowest BCUT2D eigenvalue weighted by atomic mass is 10.1. The molecule has 0 unspecified atom stereocenters. The molecule has 3 rings (SSSR count). The van der Waals surface area contributed by atoms with E-state index < -0.39 is 13.3 Å². The number of hydrogen-bond donors (Lipinski definition) is 1. The molecule has 0 amide bonds. The van der Waals surface area contributed by atoms with E-state index in [1.807, 2.05) is 91.0 Å². The molecule has 27 heavy (non-hydrogen) atoms. The highest BCUT2D eigenvalue weighted by Gasteiger charge is 2.35. The van der Waals surface area contributed by atoms with Crippen LogP contribution in [0.1, 0.15) is 5.56 Å². The summed E-state index contributed by atoms with van der Waals surface area (Å²) >= 11 is 0. The Balaban J connectivity index is 2.02. The topological polar surface area (TPSA) is 57.6 Å². The van der Waals surface area contributed by atoms with Crippen LogP contribution in [0.4, 0.5) is 0 Å². The highest BCUT2D eigenvalue weighted by Crippen LogP contribution is 2.47. The number of carbonyl (C=O) groups is 1. The van der Waals surface area contributed by atoms with Gasteiger partial charge in [-0.25, -0.2) is 4.67 Å². The zero-order valence-corrected chi connectivity index (χ0v) is 15.8. The fourth-order valence-corrected chi connectivity index (χ4v) is 5.92. The average molecular weight is 379 g/mol. The SMILES string of the molecule is O=C(O)CN(CCc1ccccc1)P(=O)(c1ccccc1)c1ccccc1. The van der Waals surface area contributed by atoms with Gasteiger partial charge in [-0.2, -0.15) is 0 Å². The molecule has 0 heterocycles. The molecule has 1 N–H and O–H groups in total. The Bertz CT molecular complexity index is 871. The fraction of sp³-hybridized carbons (Fsp3) is 0.136. The van der Waals surface area contributed by atoms with Crippen molar-refractivity contribution in [1.29, 1.82) is 0 Å². The van der Waals surface area contributed by atoms with Crippen molar-refractivity contribution < 1.29 is 14.5 Å². The lowest BCUT2D eigenvalue weighted by Gasteiger charge is -2.31. The molecule has 138 valence electrons. The van der Waals surface area contributed by atoms with E-state index in [1.54, 1.807) is 4.67 Å². The van der Waals surface area contributed by atoms with Crippen LogP contribution in [0.25, 0.3) is 0 Å². The van der Waals surface area contributed by atoms with Gasteiger partial charge in [-0.15, -0.1) is 0 Å². The summed E-state index contributed by atoms with van der Waals surface area (Å²) in [5, 5.41) is 10.8. The van der Waals surface area contributed by atoms with Crippen LogP contribution in [0.15, 0.2) is 91.0 Å². The normalized spacial score (nSPS) is 11.4. The Kier molecular flexibility index (Phi) is 6.23. The molecule has 3 aromatic carbocycles. The number of rotatable bonds is 8. The summed E-state index contributed by atoms with van der Waals surface area (Å²) in [6.07, 6.45) is 0.623. The highest BCUT2D eigenvalue weighted by atomic mass is 31.2. The van der Waals surface area contributed by atoms with Crippen molar-refractivity contribution in [2.24, 2.45) is 0 Å². The second-order valence-corrected chi connectivity index (χ2v) is 9.02. The highest BCUT2D eigenvalue weighted by molar-refractivity contribution is 7.76. The molecule has 0 spiro atoms. The Morgan fingerprint density at radius 3 is 1.67 bits per heavy atom. The van der Waals surface area contributed by atoms with Crippen molar-refractivity contribution >= 4 is 23.9 Å². The van der Waals surface area contributed by atoms with Crippen LogP contribution >= 0.6 is 7.29 Å². The molecule has 0 atom stereocenters. The Labute approximate surface area is 159 Å². The number of carboxylic acid groups (broad SMARTS) is 1. The third-order valence-electron chi connectivity index (χ3n) is 4.43. The van der Waals surface area contributed by atoms with Crippen molar-refractivity contribution in [3.8, 4) is 0 Å². The van der Waals surface area contributed by atoms with Crippen LogP contribution in [-0.4, -0.2) is 28.8 Å². The van der Waals surface area contributed by atoms with Crippen molar-refractivity contribution in [1.82, 2.24) is 4.67 Å². The molecule has 0 aliphatic carbocycles. The summed E-state index contributed by atoms with van der Waals surface area (Å²) in [6.45, 7) is 0.102. The van der Waals surface area contributed by atoms with Crippen molar-refractivity contribution in [3.63, 3.8) is 0 Å². The van der Waals surface area contributed by atoms with Gasteiger partial charge in [-0.3, -0.25) is 9.36 Å². The molecular weight excluding hydrogens is 357 g/mol. The van der Waals surface area contributed by atoms with Crippen molar-refractivity contribution in [3.05, 3.63) is 96.6 Å². The van der Waals surface area contributed by atoms with Crippen molar-refractivity contribution in [2.75, 3.05) is 13.1 Å². The molecule has 0 saturated carbocycles. The molecule has 5 heteroatoms. The molecule has 0 aliphatic rings. The minimum absolute atomic E-state index is 0.284. The smallest absolute Gasteiger partial charge is 0.318 e. The lowest BCUT2D eigenvalue weighted by molar-refractivity contribution is -0.137. The molecule has 0 fully saturated rings. The van der Waals surface area contributed by atoms with E-state index in [-0.39, 0.29) is 6.54 Å². The zero-order chi connectivity index (χ0) is 19.1. The number of benzene rings is 3. The van der Waals surface area contributed by atoms with Gasteiger partial charge in [0.25, 0.3) is 0 Å². The number of aliphatic carboxylic acids is 1. The molecule has 3 aromatic rings. The van der Waals surface area contributed by atoms with Gasteiger partial charge in [0, 0.05) is 17.2 Å². The third-order valence-corrected chi connectivity index (χ3v) is 7.56. The van der Waals surface area contributed by atoms with Gasteiger partial charge < -0.3 is 5.11 Å². The lowest BCUT2D eigenvalue weighted by Crippen LogP contribution is -2.37. The minimum Gasteiger partial charge on any atom is -0.480 e. The number of hydrogen-bond acceptors (Lipinski definition) is 2.